The van der Waals surface area contributed by atoms with Gasteiger partial charge in [0.25, 0.3) is 0 Å². The van der Waals surface area contributed by atoms with Crippen molar-refractivity contribution in [3.05, 3.63) is 189 Å². The van der Waals surface area contributed by atoms with Crippen LogP contribution >= 0.6 is 23.2 Å². The monoisotopic (exact) mass is 836 g/mol. The summed E-state index contributed by atoms with van der Waals surface area (Å²) >= 11 is 12.8. The summed E-state index contributed by atoms with van der Waals surface area (Å²) in [6.45, 7) is 17.6. The van der Waals surface area contributed by atoms with Crippen LogP contribution in [0, 0.1) is 19.3 Å². The van der Waals surface area contributed by atoms with Crippen LogP contribution in [0.5, 0.6) is 0 Å². The van der Waals surface area contributed by atoms with Gasteiger partial charge in [0.15, 0.2) is 0 Å². The van der Waals surface area contributed by atoms with E-state index in [0.29, 0.717) is 6.04 Å². The van der Waals surface area contributed by atoms with E-state index in [4.69, 9.17) is 23.2 Å². The topological polar surface area (TPSA) is 38.8 Å². The van der Waals surface area contributed by atoms with Crippen LogP contribution in [0.3, 0.4) is 0 Å². The van der Waals surface area contributed by atoms with Crippen LogP contribution in [0.1, 0.15) is 66.2 Å². The fraction of sp³-hybridized carbons (Fsp3) is 0.302. The Labute approximate surface area is 368 Å². The normalized spacial score (nSPS) is 17.5. The number of benzene rings is 6. The summed E-state index contributed by atoms with van der Waals surface area (Å²) in [5.74, 6) is 0.218. The van der Waals surface area contributed by atoms with E-state index in [1.807, 2.05) is 51.1 Å². The first-order valence-corrected chi connectivity index (χ1v) is 22.0. The SMILES string of the molecule is Cc1ccc(Cl)c(-c2ccc(CN3CCN(C(=O)C(C)(C)C)C(c4ccccc4)C3)cc2)c1.Cc1ccc(Cl)c(-c2ccc(CN3CCNC(c4ccccc4)C3)cc2)c1. The lowest BCUT2D eigenvalue weighted by Crippen LogP contribution is -2.53. The second kappa shape index (κ2) is 19.8. The van der Waals surface area contributed by atoms with E-state index in [9.17, 15) is 4.79 Å². The molecule has 1 amide bonds. The number of rotatable bonds is 8. The Morgan fingerprint density at radius 2 is 1.08 bits per heavy atom. The third-order valence-electron chi connectivity index (χ3n) is 11.6. The van der Waals surface area contributed by atoms with Gasteiger partial charge in [-0.3, -0.25) is 14.6 Å². The maximum atomic E-state index is 13.2. The van der Waals surface area contributed by atoms with Crippen molar-refractivity contribution < 1.29 is 4.79 Å². The molecule has 2 aliphatic rings. The minimum atomic E-state index is -0.387. The second-order valence-electron chi connectivity index (χ2n) is 17.4. The van der Waals surface area contributed by atoms with Crippen molar-refractivity contribution >= 4 is 29.1 Å². The van der Waals surface area contributed by atoms with Crippen molar-refractivity contribution in [3.63, 3.8) is 0 Å². The number of nitrogens with zero attached hydrogens (tertiary/aromatic N) is 3. The molecule has 2 saturated heterocycles. The smallest absolute Gasteiger partial charge is 0.228 e. The number of amides is 1. The molecule has 0 aliphatic carbocycles. The average molecular weight is 838 g/mol. The highest BCUT2D eigenvalue weighted by molar-refractivity contribution is 6.33. The molecule has 6 aromatic rings. The molecule has 0 saturated carbocycles. The Bertz CT molecular complexity index is 2320. The molecule has 60 heavy (non-hydrogen) atoms. The van der Waals surface area contributed by atoms with Crippen molar-refractivity contribution in [1.29, 1.82) is 0 Å². The number of aryl methyl sites for hydroxylation is 2. The van der Waals surface area contributed by atoms with Gasteiger partial charge in [-0.1, -0.05) is 176 Å². The van der Waals surface area contributed by atoms with Gasteiger partial charge in [-0.05, 0) is 71.5 Å². The third-order valence-corrected chi connectivity index (χ3v) is 12.3. The van der Waals surface area contributed by atoms with Crippen molar-refractivity contribution in [2.75, 3.05) is 39.3 Å². The molecule has 2 heterocycles. The summed E-state index contributed by atoms with van der Waals surface area (Å²) < 4.78 is 0. The quantitative estimate of drug-likeness (QED) is 0.166. The fourth-order valence-electron chi connectivity index (χ4n) is 8.30. The van der Waals surface area contributed by atoms with Gasteiger partial charge in [0.05, 0.1) is 6.04 Å². The Balaban J connectivity index is 0.000000185. The molecule has 2 unspecified atom stereocenters. The molecule has 0 radical (unpaired) electrons. The molecule has 6 aromatic carbocycles. The summed E-state index contributed by atoms with van der Waals surface area (Å²) in [5.41, 5.74) is 11.7. The summed E-state index contributed by atoms with van der Waals surface area (Å²) in [6, 6.07) is 51.5. The highest BCUT2D eigenvalue weighted by atomic mass is 35.5. The molecule has 7 heteroatoms. The van der Waals surface area contributed by atoms with E-state index in [1.165, 1.54) is 38.9 Å². The van der Waals surface area contributed by atoms with Gasteiger partial charge in [0.2, 0.25) is 5.91 Å². The molecule has 2 atom stereocenters. The highest BCUT2D eigenvalue weighted by Crippen LogP contribution is 2.33. The molecular formula is C53H58Cl2N4O. The number of hydrogen-bond acceptors (Lipinski definition) is 4. The largest absolute Gasteiger partial charge is 0.333 e. The second-order valence-corrected chi connectivity index (χ2v) is 18.2. The molecule has 1 N–H and O–H groups in total. The molecule has 0 spiro atoms. The van der Waals surface area contributed by atoms with Gasteiger partial charge in [-0.25, -0.2) is 0 Å². The van der Waals surface area contributed by atoms with Crippen LogP contribution in [-0.4, -0.2) is 59.9 Å². The Morgan fingerprint density at radius 1 is 0.600 bits per heavy atom. The zero-order valence-corrected chi connectivity index (χ0v) is 37.2. The van der Waals surface area contributed by atoms with Gasteiger partial charge in [0.1, 0.15) is 0 Å². The number of carbonyl (C=O) groups excluding carboxylic acids is 1. The Morgan fingerprint density at radius 3 is 1.58 bits per heavy atom. The predicted molar refractivity (Wildman–Crippen MR) is 251 cm³/mol. The maximum Gasteiger partial charge on any atom is 0.228 e. The van der Waals surface area contributed by atoms with Crippen LogP contribution in [0.25, 0.3) is 22.3 Å². The zero-order valence-electron chi connectivity index (χ0n) is 35.7. The van der Waals surface area contributed by atoms with Gasteiger partial charge in [0, 0.05) is 85.0 Å². The molecular weight excluding hydrogens is 780 g/mol. The van der Waals surface area contributed by atoms with Crippen molar-refractivity contribution in [2.24, 2.45) is 5.41 Å². The summed E-state index contributed by atoms with van der Waals surface area (Å²) in [4.78, 5) is 20.3. The minimum absolute atomic E-state index is 0.0667. The molecule has 2 aliphatic heterocycles. The lowest BCUT2D eigenvalue weighted by atomic mass is 9.91. The first-order chi connectivity index (χ1) is 28.9. The van der Waals surface area contributed by atoms with E-state index in [1.54, 1.807) is 0 Å². The van der Waals surface area contributed by atoms with E-state index < -0.39 is 0 Å². The standard InChI is InChI=1S/C29H33ClN2O.C24H25ClN2/c1-21-10-15-26(30)25(18-21)23-13-11-22(12-14-23)19-31-16-17-32(28(33)29(2,3)4)27(20-31)24-8-6-5-7-9-24;1-18-7-12-23(25)22(15-18)20-10-8-19(9-11-20)16-27-14-13-26-24(17-27)21-5-3-2-4-6-21/h5-15,18,27H,16-17,19-20H2,1-4H3;2-12,15,24,26H,13-14,16-17H2,1H3. The molecule has 8 rings (SSSR count). The number of piperazine rings is 2. The molecule has 5 nitrogen and oxygen atoms in total. The molecule has 0 aromatic heterocycles. The molecule has 2 fully saturated rings. The van der Waals surface area contributed by atoms with Crippen LogP contribution < -0.4 is 5.32 Å². The van der Waals surface area contributed by atoms with Crippen molar-refractivity contribution in [2.45, 2.75) is 59.8 Å². The summed E-state index contributed by atoms with van der Waals surface area (Å²) in [7, 11) is 0. The number of halogens is 2. The van der Waals surface area contributed by atoms with Gasteiger partial charge < -0.3 is 10.2 Å². The lowest BCUT2D eigenvalue weighted by Gasteiger charge is -2.44. The van der Waals surface area contributed by atoms with E-state index in [0.717, 1.165) is 79.1 Å². The van der Waals surface area contributed by atoms with E-state index >= 15 is 0 Å². The number of nitrogens with one attached hydrogen (secondary N) is 1. The molecule has 310 valence electrons. The van der Waals surface area contributed by atoms with E-state index in [2.05, 4.69) is 149 Å². The highest BCUT2D eigenvalue weighted by Gasteiger charge is 2.36. The van der Waals surface area contributed by atoms with E-state index in [-0.39, 0.29) is 17.4 Å². The van der Waals surface area contributed by atoms with Gasteiger partial charge in [-0.2, -0.15) is 0 Å². The van der Waals surface area contributed by atoms with Crippen LogP contribution in [0.15, 0.2) is 146 Å². The lowest BCUT2D eigenvalue weighted by molar-refractivity contribution is -0.145. The summed E-state index contributed by atoms with van der Waals surface area (Å²) in [6.07, 6.45) is 0. The number of hydrogen-bond donors (Lipinski definition) is 1. The van der Waals surface area contributed by atoms with Crippen LogP contribution in [0.4, 0.5) is 0 Å². The third kappa shape index (κ3) is 11.1. The average Bonchev–Trinajstić information content (AvgIpc) is 3.26. The first kappa shape index (κ1) is 43.3. The van der Waals surface area contributed by atoms with Crippen LogP contribution in [0.2, 0.25) is 10.0 Å². The first-order valence-electron chi connectivity index (χ1n) is 21.2. The predicted octanol–water partition coefficient (Wildman–Crippen LogP) is 12.2. The Kier molecular flexibility index (Phi) is 14.3. The molecule has 0 bridgehead atoms. The van der Waals surface area contributed by atoms with Crippen molar-refractivity contribution in [3.8, 4) is 22.3 Å². The van der Waals surface area contributed by atoms with Crippen LogP contribution in [-0.2, 0) is 17.9 Å². The minimum Gasteiger partial charge on any atom is -0.333 e. The van der Waals surface area contributed by atoms with Gasteiger partial charge in [-0.15, -0.1) is 0 Å². The van der Waals surface area contributed by atoms with Crippen molar-refractivity contribution in [1.82, 2.24) is 20.0 Å². The summed E-state index contributed by atoms with van der Waals surface area (Å²) in [5, 5.41) is 5.22. The fourth-order valence-corrected chi connectivity index (χ4v) is 8.75. The van der Waals surface area contributed by atoms with Gasteiger partial charge >= 0.3 is 0 Å². The Hall–Kier alpha value is -4.75. The zero-order chi connectivity index (χ0) is 42.2. The number of carbonyl (C=O) groups is 1. The maximum absolute atomic E-state index is 13.2.